The minimum atomic E-state index is -1.39. The lowest BCUT2D eigenvalue weighted by molar-refractivity contribution is 0.0695. The van der Waals surface area contributed by atoms with E-state index in [0.29, 0.717) is 11.2 Å². The number of benzene rings is 2. The Morgan fingerprint density at radius 3 is 2.50 bits per heavy atom. The highest BCUT2D eigenvalue weighted by Gasteiger charge is 2.18. The second kappa shape index (κ2) is 6.88. The Balaban J connectivity index is 1.82. The summed E-state index contributed by atoms with van der Waals surface area (Å²) in [6.45, 7) is 0. The van der Waals surface area contributed by atoms with E-state index in [9.17, 15) is 19.5 Å². The molecule has 0 radical (unpaired) electrons. The lowest BCUT2D eigenvalue weighted by atomic mass is 10.1. The molecule has 0 bridgehead atoms. The first-order valence-electron chi connectivity index (χ1n) is 8.37. The highest BCUT2D eigenvalue weighted by Crippen LogP contribution is 2.28. The number of rotatable bonds is 3. The summed E-state index contributed by atoms with van der Waals surface area (Å²) >= 11 is 0. The predicted molar refractivity (Wildman–Crippen MR) is 104 cm³/mol. The van der Waals surface area contributed by atoms with Gasteiger partial charge in [-0.25, -0.2) is 9.59 Å². The molecule has 0 fully saturated rings. The van der Waals surface area contributed by atoms with Gasteiger partial charge in [-0.1, -0.05) is 30.3 Å². The Kier molecular flexibility index (Phi) is 4.25. The lowest BCUT2D eigenvalue weighted by Crippen LogP contribution is -2.25. The van der Waals surface area contributed by atoms with Gasteiger partial charge in [0.1, 0.15) is 5.56 Å². The summed E-state index contributed by atoms with van der Waals surface area (Å²) < 4.78 is 6.24. The van der Waals surface area contributed by atoms with E-state index in [1.807, 2.05) is 12.1 Å². The average Bonchev–Trinajstić information content (AvgIpc) is 3.23. The molecule has 0 spiro atoms. The van der Waals surface area contributed by atoms with E-state index in [-0.39, 0.29) is 5.39 Å². The van der Waals surface area contributed by atoms with Crippen LogP contribution in [0.25, 0.3) is 22.0 Å². The molecule has 2 aromatic heterocycles. The third-order valence-corrected chi connectivity index (χ3v) is 4.36. The molecule has 7 heteroatoms. The first-order chi connectivity index (χ1) is 13.6. The standard InChI is InChI=1S/C21H14N2O5/c24-19-15-6-2-4-8-18(15)23(11-16(19)20(25)26)21(27)22-17-7-3-1-5-14(17)13-9-10-28-12-13/h1-12H,(H,22,27)(H,25,26). The smallest absolute Gasteiger partial charge is 0.341 e. The molecule has 0 unspecified atom stereocenters. The van der Waals surface area contributed by atoms with Gasteiger partial charge in [0.15, 0.2) is 0 Å². The molecule has 0 aliphatic carbocycles. The van der Waals surface area contributed by atoms with Crippen molar-refractivity contribution < 1.29 is 19.1 Å². The van der Waals surface area contributed by atoms with Crippen LogP contribution in [0.4, 0.5) is 10.5 Å². The number of fused-ring (bicyclic) bond motifs is 1. The van der Waals surface area contributed by atoms with Crippen LogP contribution in [0.2, 0.25) is 0 Å². The zero-order valence-electron chi connectivity index (χ0n) is 14.5. The molecule has 0 aliphatic heterocycles. The number of nitrogens with zero attached hydrogens (tertiary/aromatic N) is 1. The number of carbonyl (C=O) groups is 2. The van der Waals surface area contributed by atoms with E-state index in [0.717, 1.165) is 21.9 Å². The third kappa shape index (κ3) is 2.95. The van der Waals surface area contributed by atoms with Gasteiger partial charge in [-0.3, -0.25) is 9.36 Å². The summed E-state index contributed by atoms with van der Waals surface area (Å²) in [7, 11) is 0. The second-order valence-electron chi connectivity index (χ2n) is 6.05. The molecule has 0 saturated carbocycles. The van der Waals surface area contributed by atoms with Crippen molar-refractivity contribution >= 4 is 28.6 Å². The van der Waals surface area contributed by atoms with E-state index in [2.05, 4.69) is 5.32 Å². The van der Waals surface area contributed by atoms with Crippen molar-refractivity contribution in [1.82, 2.24) is 4.57 Å². The molecule has 0 aliphatic rings. The minimum absolute atomic E-state index is 0.153. The van der Waals surface area contributed by atoms with Crippen molar-refractivity contribution in [2.45, 2.75) is 0 Å². The van der Waals surface area contributed by atoms with Crippen LogP contribution in [0.3, 0.4) is 0 Å². The number of amides is 1. The molecule has 4 aromatic rings. The van der Waals surface area contributed by atoms with Crippen molar-refractivity contribution in [3.05, 3.63) is 89.1 Å². The Bertz CT molecular complexity index is 1260. The summed E-state index contributed by atoms with van der Waals surface area (Å²) in [6.07, 6.45) is 4.13. The molecular weight excluding hydrogens is 360 g/mol. The Labute approximate surface area is 158 Å². The van der Waals surface area contributed by atoms with Crippen LogP contribution in [0.5, 0.6) is 0 Å². The fraction of sp³-hybridized carbons (Fsp3) is 0. The summed E-state index contributed by atoms with van der Waals surface area (Å²) in [5.74, 6) is -1.39. The maximum absolute atomic E-state index is 13.0. The number of aromatic nitrogens is 1. The number of nitrogens with one attached hydrogen (secondary N) is 1. The number of anilines is 1. The lowest BCUT2D eigenvalue weighted by Gasteiger charge is -2.14. The molecule has 2 aromatic carbocycles. The van der Waals surface area contributed by atoms with Gasteiger partial charge in [0.05, 0.1) is 23.7 Å². The number of aromatic carboxylic acids is 1. The van der Waals surface area contributed by atoms with Crippen LogP contribution >= 0.6 is 0 Å². The largest absolute Gasteiger partial charge is 0.477 e. The zero-order chi connectivity index (χ0) is 19.7. The van der Waals surface area contributed by atoms with Gasteiger partial charge in [-0.05, 0) is 24.3 Å². The number of carbonyl (C=O) groups excluding carboxylic acids is 1. The van der Waals surface area contributed by atoms with Crippen molar-refractivity contribution in [3.8, 4) is 11.1 Å². The number of hydrogen-bond donors (Lipinski definition) is 2. The highest BCUT2D eigenvalue weighted by atomic mass is 16.4. The van der Waals surface area contributed by atoms with Gasteiger partial charge in [-0.2, -0.15) is 0 Å². The normalized spacial score (nSPS) is 10.7. The van der Waals surface area contributed by atoms with Crippen LogP contribution in [0, 0.1) is 0 Å². The summed E-state index contributed by atoms with van der Waals surface area (Å²) in [6, 6.07) is 14.7. The second-order valence-corrected chi connectivity index (χ2v) is 6.05. The number of carboxylic acids is 1. The van der Waals surface area contributed by atoms with E-state index in [1.54, 1.807) is 42.7 Å². The number of pyridine rings is 1. The van der Waals surface area contributed by atoms with Gasteiger partial charge in [-0.15, -0.1) is 0 Å². The first kappa shape index (κ1) is 17.3. The van der Waals surface area contributed by atoms with Crippen LogP contribution in [0.15, 0.2) is 82.5 Å². The topological polar surface area (TPSA) is 102 Å². The van der Waals surface area contributed by atoms with Crippen LogP contribution in [0.1, 0.15) is 10.4 Å². The van der Waals surface area contributed by atoms with E-state index < -0.39 is 23.0 Å². The predicted octanol–water partition coefficient (Wildman–Crippen LogP) is 4.04. The summed E-state index contributed by atoms with van der Waals surface area (Å²) in [5, 5.41) is 12.3. The highest BCUT2D eigenvalue weighted by molar-refractivity contribution is 6.02. The Morgan fingerprint density at radius 2 is 1.75 bits per heavy atom. The molecule has 2 heterocycles. The molecule has 0 saturated heterocycles. The number of carboxylic acid groups (broad SMARTS) is 1. The number of hydrogen-bond acceptors (Lipinski definition) is 4. The SMILES string of the molecule is O=C(O)c1cn(C(=O)Nc2ccccc2-c2ccoc2)c2ccccc2c1=O. The summed E-state index contributed by atoms with van der Waals surface area (Å²) in [4.78, 5) is 36.8. The van der Waals surface area contributed by atoms with Crippen molar-refractivity contribution in [3.63, 3.8) is 0 Å². The fourth-order valence-corrected chi connectivity index (χ4v) is 3.04. The quantitative estimate of drug-likeness (QED) is 0.563. The molecule has 0 atom stereocenters. The summed E-state index contributed by atoms with van der Waals surface area (Å²) in [5.41, 5.74) is 1.26. The molecule has 7 nitrogen and oxygen atoms in total. The van der Waals surface area contributed by atoms with Crippen LogP contribution in [-0.2, 0) is 0 Å². The van der Waals surface area contributed by atoms with Crippen molar-refractivity contribution in [1.29, 1.82) is 0 Å². The van der Waals surface area contributed by atoms with E-state index in [4.69, 9.17) is 4.42 Å². The molecule has 28 heavy (non-hydrogen) atoms. The molecule has 1 amide bonds. The third-order valence-electron chi connectivity index (χ3n) is 4.36. The van der Waals surface area contributed by atoms with Gasteiger partial charge in [0.2, 0.25) is 5.43 Å². The van der Waals surface area contributed by atoms with E-state index >= 15 is 0 Å². The zero-order valence-corrected chi connectivity index (χ0v) is 14.5. The van der Waals surface area contributed by atoms with Crippen LogP contribution in [-0.4, -0.2) is 21.7 Å². The first-order valence-corrected chi connectivity index (χ1v) is 8.37. The number of para-hydroxylation sites is 2. The number of furan rings is 1. The minimum Gasteiger partial charge on any atom is -0.477 e. The van der Waals surface area contributed by atoms with E-state index in [1.165, 1.54) is 12.3 Å². The molecule has 2 N–H and O–H groups in total. The van der Waals surface area contributed by atoms with Crippen molar-refractivity contribution in [2.75, 3.05) is 5.32 Å². The van der Waals surface area contributed by atoms with Crippen molar-refractivity contribution in [2.24, 2.45) is 0 Å². The van der Waals surface area contributed by atoms with Gasteiger partial charge < -0.3 is 14.8 Å². The monoisotopic (exact) mass is 374 g/mol. The van der Waals surface area contributed by atoms with Gasteiger partial charge in [0, 0.05) is 22.7 Å². The molecule has 4 rings (SSSR count). The maximum atomic E-state index is 13.0. The maximum Gasteiger partial charge on any atom is 0.341 e. The molecular formula is C21H14N2O5. The Morgan fingerprint density at radius 1 is 1.00 bits per heavy atom. The molecule has 138 valence electrons. The van der Waals surface area contributed by atoms with Gasteiger partial charge in [0.25, 0.3) is 0 Å². The Hall–Kier alpha value is -4.13. The van der Waals surface area contributed by atoms with Gasteiger partial charge >= 0.3 is 12.0 Å². The average molecular weight is 374 g/mol. The fourth-order valence-electron chi connectivity index (χ4n) is 3.04. The van der Waals surface area contributed by atoms with Crippen LogP contribution < -0.4 is 10.7 Å².